The Bertz CT molecular complexity index is 2000. The summed E-state index contributed by atoms with van der Waals surface area (Å²) < 4.78 is 11.0. The number of halogens is 2. The van der Waals surface area contributed by atoms with Gasteiger partial charge in [0.2, 0.25) is 0 Å². The third kappa shape index (κ3) is 8.47. The van der Waals surface area contributed by atoms with Crippen molar-refractivity contribution < 1.29 is 59.9 Å². The number of fused-ring (bicyclic) bond motifs is 2. The molecule has 0 unspecified atom stereocenters. The quantitative estimate of drug-likeness (QED) is 0.182. The van der Waals surface area contributed by atoms with Gasteiger partial charge in [0.1, 0.15) is 0 Å². The molecule has 2 aromatic heterocycles. The number of aryl methyl sites for hydroxylation is 2. The molecule has 0 radical (unpaired) electrons. The van der Waals surface area contributed by atoms with Crippen molar-refractivity contribution >= 4 is 21.5 Å². The molecule has 0 atom stereocenters. The summed E-state index contributed by atoms with van der Waals surface area (Å²) in [4.78, 5) is 0. The molecule has 49 heavy (non-hydrogen) atoms. The Morgan fingerprint density at radius 2 is 0.898 bits per heavy atom. The number of benzene rings is 4. The van der Waals surface area contributed by atoms with Crippen molar-refractivity contribution in [2.24, 2.45) is 0 Å². The molecule has 1 fully saturated rings. The van der Waals surface area contributed by atoms with Crippen molar-refractivity contribution in [3.8, 4) is 44.9 Å². The molecular weight excluding hydrogens is 723 g/mol. The van der Waals surface area contributed by atoms with E-state index < -0.39 is 0 Å². The van der Waals surface area contributed by atoms with Crippen molar-refractivity contribution in [2.75, 3.05) is 0 Å². The van der Waals surface area contributed by atoms with E-state index in [-0.39, 0.29) is 51.0 Å². The molecule has 1 saturated carbocycles. The van der Waals surface area contributed by atoms with Crippen LogP contribution in [0.3, 0.4) is 0 Å². The molecule has 8 aromatic rings. The van der Waals surface area contributed by atoms with E-state index in [0.29, 0.717) is 0 Å². The molecule has 1 aliphatic rings. The van der Waals surface area contributed by atoms with Gasteiger partial charge in [-0.05, 0) is 48.2 Å². The van der Waals surface area contributed by atoms with Gasteiger partial charge < -0.3 is 40.1 Å². The van der Waals surface area contributed by atoms with Crippen LogP contribution in [0.1, 0.15) is 30.4 Å². The van der Waals surface area contributed by atoms with E-state index in [9.17, 15) is 0 Å². The van der Waals surface area contributed by atoms with E-state index in [1.54, 1.807) is 12.5 Å². The Hall–Kier alpha value is -3.88. The Kier molecular flexibility index (Phi) is 13.7. The Labute approximate surface area is 320 Å². The van der Waals surface area contributed by atoms with Crippen LogP contribution in [0.25, 0.3) is 66.4 Å². The normalized spacial score (nSPS) is 11.5. The summed E-state index contributed by atoms with van der Waals surface area (Å²) in [5.74, 6) is 1.84. The number of hydrogen-bond acceptors (Lipinski definition) is 2. The second kappa shape index (κ2) is 17.7. The van der Waals surface area contributed by atoms with Crippen LogP contribution < -0.4 is 24.8 Å². The van der Waals surface area contributed by atoms with E-state index in [2.05, 4.69) is 129 Å². The minimum Gasteiger partial charge on any atom is -1.00 e. The molecule has 0 amide bonds. The molecule has 5 heteroatoms. The summed E-state index contributed by atoms with van der Waals surface area (Å²) >= 11 is 0. The summed E-state index contributed by atoms with van der Waals surface area (Å²) in [5.41, 5.74) is 10.0. The maximum Gasteiger partial charge on any atom is 2.00 e. The van der Waals surface area contributed by atoms with E-state index in [0.717, 1.165) is 22.6 Å². The Morgan fingerprint density at radius 3 is 1.22 bits per heavy atom. The van der Waals surface area contributed by atoms with Crippen LogP contribution in [0.5, 0.6) is 0 Å². The van der Waals surface area contributed by atoms with E-state index in [1.807, 2.05) is 24.3 Å². The van der Waals surface area contributed by atoms with Crippen LogP contribution in [0.4, 0.5) is 0 Å². The first-order chi connectivity index (χ1) is 22.7. The van der Waals surface area contributed by atoms with Crippen molar-refractivity contribution in [1.82, 2.24) is 0 Å². The van der Waals surface area contributed by atoms with E-state index in [4.69, 9.17) is 8.83 Å². The van der Waals surface area contributed by atoms with Gasteiger partial charge >= 0.3 is 26.2 Å². The second-order valence-corrected chi connectivity index (χ2v) is 11.9. The second-order valence-electron chi connectivity index (χ2n) is 11.9. The van der Waals surface area contributed by atoms with Gasteiger partial charge in [0.25, 0.3) is 0 Å². The van der Waals surface area contributed by atoms with Crippen LogP contribution in [-0.2, 0) is 26.2 Å². The van der Waals surface area contributed by atoms with Crippen LogP contribution in [0.2, 0.25) is 0 Å². The predicted octanol–water partition coefficient (Wildman–Crippen LogP) is 6.97. The van der Waals surface area contributed by atoms with Gasteiger partial charge in [-0.25, -0.2) is 0 Å². The van der Waals surface area contributed by atoms with E-state index >= 15 is 0 Å². The zero-order valence-corrected chi connectivity index (χ0v) is 31.6. The number of hydrogen-bond donors (Lipinski definition) is 0. The fraction of sp³-hybridized carbons (Fsp3) is 0.114. The van der Waals surface area contributed by atoms with E-state index in [1.165, 1.54) is 74.2 Å². The minimum atomic E-state index is 0. The summed E-state index contributed by atoms with van der Waals surface area (Å²) in [7, 11) is 0. The van der Waals surface area contributed by atoms with Gasteiger partial charge in [0, 0.05) is 0 Å². The van der Waals surface area contributed by atoms with Gasteiger partial charge in [-0.2, -0.15) is 12.8 Å². The summed E-state index contributed by atoms with van der Waals surface area (Å²) in [5, 5.41) is 5.08. The first-order valence-corrected chi connectivity index (χ1v) is 16.1. The molecule has 1 aliphatic carbocycles. The van der Waals surface area contributed by atoms with Crippen molar-refractivity contribution in [1.29, 1.82) is 0 Å². The zero-order chi connectivity index (χ0) is 31.3. The topological polar surface area (TPSA) is 26.3 Å². The Balaban J connectivity index is 0.000000188. The van der Waals surface area contributed by atoms with Gasteiger partial charge in [0.15, 0.2) is 0 Å². The molecule has 246 valence electrons. The molecule has 0 saturated heterocycles. The molecule has 0 N–H and O–H groups in total. The van der Waals surface area contributed by atoms with Gasteiger partial charge in [-0.3, -0.25) is 0 Å². The minimum absolute atomic E-state index is 0. The fourth-order valence-electron chi connectivity index (χ4n) is 6.13. The molecule has 2 heterocycles. The third-order valence-electron chi connectivity index (χ3n) is 8.75. The van der Waals surface area contributed by atoms with Crippen molar-refractivity contribution in [3.05, 3.63) is 164 Å². The Morgan fingerprint density at radius 1 is 0.510 bits per heavy atom. The summed E-state index contributed by atoms with van der Waals surface area (Å²) in [6, 6.07) is 46.6. The monoisotopic (exact) mass is 757 g/mol. The van der Waals surface area contributed by atoms with Crippen LogP contribution in [0, 0.1) is 20.3 Å². The third-order valence-corrected chi connectivity index (χ3v) is 8.75. The van der Waals surface area contributed by atoms with Gasteiger partial charge in [0.05, 0.1) is 24.0 Å². The average molecular weight is 760 g/mol. The molecular formula is C44H37Cl2O2Zr-3. The molecule has 2 nitrogen and oxygen atoms in total. The number of rotatable bonds is 4. The van der Waals surface area contributed by atoms with Crippen molar-refractivity contribution in [3.63, 3.8) is 0 Å². The molecule has 9 rings (SSSR count). The first kappa shape index (κ1) is 37.9. The van der Waals surface area contributed by atoms with Gasteiger partial charge in [-0.15, -0.1) is 64.4 Å². The van der Waals surface area contributed by atoms with Crippen LogP contribution in [0.15, 0.2) is 155 Å². The molecule has 6 aromatic carbocycles. The maximum atomic E-state index is 5.52. The summed E-state index contributed by atoms with van der Waals surface area (Å²) in [6.45, 7) is 4.34. The fourth-order valence-corrected chi connectivity index (χ4v) is 6.13. The predicted molar refractivity (Wildman–Crippen MR) is 193 cm³/mol. The number of furan rings is 2. The molecule has 0 bridgehead atoms. The first-order valence-electron chi connectivity index (χ1n) is 16.1. The van der Waals surface area contributed by atoms with Gasteiger partial charge in [-0.1, -0.05) is 107 Å². The molecule has 0 aliphatic heterocycles. The smallest absolute Gasteiger partial charge is 1.00 e. The maximum absolute atomic E-state index is 5.52. The summed E-state index contributed by atoms with van der Waals surface area (Å²) in [6.07, 6.45) is 9.94. The standard InChI is InChI=1S/2C20H15O.C4H7.2ClH.Zr/c2*1-14-9-10-16-12-17(19-8-5-11-21-19)13-18(16)20(14)15-6-3-2-4-7-15;1-2-4-3-1;;;/h2*2-13H,1H3;1H,2-4H2;2*1H;/q3*-1;;;+2/p-2. The average Bonchev–Trinajstić information content (AvgIpc) is 3.88. The van der Waals surface area contributed by atoms with Crippen LogP contribution >= 0.6 is 0 Å². The SMILES string of the molecule is Cc1ccc2[cH-]c(-c3ccco3)cc2c1-c1ccccc1.Cc1ccc2[cH-]c(-c3ccco3)cc2c1-c1ccccc1.[CH-]1CCC1.[Cl-].[Cl-].[Zr+2]. The molecule has 0 spiro atoms. The van der Waals surface area contributed by atoms with Crippen LogP contribution in [-0.4, -0.2) is 0 Å². The largest absolute Gasteiger partial charge is 2.00 e. The zero-order valence-electron chi connectivity index (χ0n) is 27.6. The van der Waals surface area contributed by atoms with Crippen molar-refractivity contribution in [2.45, 2.75) is 33.1 Å².